The number of hydrogen-bond donors (Lipinski definition) is 3. The molecule has 0 saturated heterocycles. The van der Waals surface area contributed by atoms with E-state index in [1.54, 1.807) is 0 Å². The lowest BCUT2D eigenvalue weighted by Crippen LogP contribution is -2.59. The fourth-order valence-electron chi connectivity index (χ4n) is 0.997. The molecule has 1 aliphatic carbocycles. The van der Waals surface area contributed by atoms with Crippen molar-refractivity contribution in [3.05, 3.63) is 12.0 Å². The number of allylic oxidation sites excluding steroid dienone is 1. The molecule has 4 heteroatoms. The highest BCUT2D eigenvalue weighted by Crippen LogP contribution is 2.30. The minimum absolute atomic E-state index is 0.289. The van der Waals surface area contributed by atoms with Gasteiger partial charge in [-0.1, -0.05) is 6.92 Å². The summed E-state index contributed by atoms with van der Waals surface area (Å²) in [6.45, 7) is 1.94. The van der Waals surface area contributed by atoms with Crippen LogP contribution < -0.4 is 11.5 Å². The molecule has 1 fully saturated rings. The molecular weight excluding hydrogens is 156 g/mol. The van der Waals surface area contributed by atoms with Crippen LogP contribution in [0.25, 0.3) is 0 Å². The Labute approximate surface area is 72.2 Å². The summed E-state index contributed by atoms with van der Waals surface area (Å²) in [6.07, 6.45) is 3.32. The fraction of sp³-hybridized carbons (Fsp3) is 0.750. The van der Waals surface area contributed by atoms with Crippen molar-refractivity contribution in [1.29, 1.82) is 0 Å². The molecule has 1 aliphatic rings. The highest BCUT2D eigenvalue weighted by molar-refractivity contribution is 4.96. The van der Waals surface area contributed by atoms with Gasteiger partial charge in [-0.25, -0.2) is 0 Å². The van der Waals surface area contributed by atoms with Gasteiger partial charge in [0.2, 0.25) is 0 Å². The van der Waals surface area contributed by atoms with Crippen LogP contribution in [0.5, 0.6) is 0 Å². The minimum atomic E-state index is -1.15. The molecule has 2 atom stereocenters. The van der Waals surface area contributed by atoms with E-state index in [1.807, 2.05) is 6.92 Å². The summed E-state index contributed by atoms with van der Waals surface area (Å²) >= 11 is 0. The van der Waals surface area contributed by atoms with E-state index in [0.29, 0.717) is 12.1 Å². The third kappa shape index (κ3) is 1.89. The molecule has 1 saturated carbocycles. The van der Waals surface area contributed by atoms with Gasteiger partial charge in [0.05, 0.1) is 0 Å². The van der Waals surface area contributed by atoms with Gasteiger partial charge in [-0.2, -0.15) is 0 Å². The van der Waals surface area contributed by atoms with Crippen molar-refractivity contribution in [1.82, 2.24) is 0 Å². The lowest BCUT2D eigenvalue weighted by atomic mass is 9.85. The molecule has 2 unspecified atom stereocenters. The van der Waals surface area contributed by atoms with Gasteiger partial charge in [0.15, 0.2) is 5.72 Å². The molecule has 0 aliphatic heterocycles. The highest BCUT2D eigenvalue weighted by Gasteiger charge is 2.43. The number of nitrogens with two attached hydrogens (primary N) is 2. The number of hydrogen-bond acceptors (Lipinski definition) is 4. The molecule has 12 heavy (non-hydrogen) atoms. The quantitative estimate of drug-likeness (QED) is 0.414. The first-order valence-corrected chi connectivity index (χ1v) is 4.17. The predicted molar refractivity (Wildman–Crippen MR) is 45.8 cm³/mol. The van der Waals surface area contributed by atoms with Crippen LogP contribution in [0.3, 0.4) is 0 Å². The van der Waals surface area contributed by atoms with E-state index in [2.05, 4.69) is 0 Å². The molecule has 0 aromatic carbocycles. The lowest BCUT2D eigenvalue weighted by molar-refractivity contribution is -0.144. The van der Waals surface area contributed by atoms with Gasteiger partial charge in [-0.3, -0.25) is 0 Å². The van der Waals surface area contributed by atoms with E-state index in [4.69, 9.17) is 16.2 Å². The highest BCUT2D eigenvalue weighted by atomic mass is 16.5. The second-order valence-corrected chi connectivity index (χ2v) is 3.20. The molecule has 0 bridgehead atoms. The van der Waals surface area contributed by atoms with Gasteiger partial charge in [-0.05, 0) is 19.3 Å². The Morgan fingerprint density at radius 1 is 1.83 bits per heavy atom. The van der Waals surface area contributed by atoms with Gasteiger partial charge >= 0.3 is 0 Å². The molecule has 0 aromatic rings. The second kappa shape index (κ2) is 3.33. The van der Waals surface area contributed by atoms with Gasteiger partial charge in [0, 0.05) is 5.70 Å². The predicted octanol–water partition coefficient (Wildman–Crippen LogP) is 0.0228. The van der Waals surface area contributed by atoms with Crippen LogP contribution in [0, 0.1) is 0 Å². The zero-order valence-electron chi connectivity index (χ0n) is 7.29. The summed E-state index contributed by atoms with van der Waals surface area (Å²) in [7, 11) is 0. The summed E-state index contributed by atoms with van der Waals surface area (Å²) < 4.78 is 5.18. The van der Waals surface area contributed by atoms with Gasteiger partial charge in [-0.15, -0.1) is 0 Å². The van der Waals surface area contributed by atoms with E-state index >= 15 is 0 Å². The summed E-state index contributed by atoms with van der Waals surface area (Å²) in [5.41, 5.74) is 10.5. The molecule has 0 amide bonds. The zero-order valence-corrected chi connectivity index (χ0v) is 7.29. The molecule has 5 N–H and O–H groups in total. The Morgan fingerprint density at radius 3 is 2.83 bits per heavy atom. The summed E-state index contributed by atoms with van der Waals surface area (Å²) in [6, 6.07) is 0. The average Bonchev–Trinajstić information content (AvgIpc) is 2.02. The number of ether oxygens (including phenoxy) is 1. The Morgan fingerprint density at radius 2 is 2.50 bits per heavy atom. The van der Waals surface area contributed by atoms with Crippen molar-refractivity contribution < 1.29 is 9.84 Å². The van der Waals surface area contributed by atoms with Crippen molar-refractivity contribution in [3.63, 3.8) is 0 Å². The largest absolute Gasteiger partial charge is 0.492 e. The molecule has 0 aromatic heterocycles. The first-order chi connectivity index (χ1) is 5.56. The molecule has 0 spiro atoms. The van der Waals surface area contributed by atoms with Crippen molar-refractivity contribution >= 4 is 0 Å². The molecule has 0 heterocycles. The summed E-state index contributed by atoms with van der Waals surface area (Å²) in [5.74, 6) is 0. The third-order valence-corrected chi connectivity index (χ3v) is 2.16. The smallest absolute Gasteiger partial charge is 0.150 e. The number of rotatable bonds is 3. The maximum absolute atomic E-state index is 9.34. The van der Waals surface area contributed by atoms with Gasteiger partial charge in [0.25, 0.3) is 0 Å². The Bertz CT molecular complexity index is 189. The molecule has 4 nitrogen and oxygen atoms in total. The first kappa shape index (κ1) is 9.35. The molecule has 1 rings (SSSR count). The van der Waals surface area contributed by atoms with Gasteiger partial charge < -0.3 is 21.3 Å². The third-order valence-electron chi connectivity index (χ3n) is 2.16. The van der Waals surface area contributed by atoms with Crippen LogP contribution in [0.1, 0.15) is 26.2 Å². The van der Waals surface area contributed by atoms with Crippen LogP contribution >= 0.6 is 0 Å². The first-order valence-electron chi connectivity index (χ1n) is 4.17. The van der Waals surface area contributed by atoms with Crippen LogP contribution in [0.15, 0.2) is 12.0 Å². The summed E-state index contributed by atoms with van der Waals surface area (Å²) in [4.78, 5) is 0. The maximum Gasteiger partial charge on any atom is 0.150 e. The van der Waals surface area contributed by atoms with Crippen molar-refractivity contribution in [2.45, 2.75) is 38.0 Å². The minimum Gasteiger partial charge on any atom is -0.492 e. The standard InChI is InChI=1S/C8H16N2O2/c1-2-6(9)5-12-7-3-4-8(7,10)11/h5,7,11H,2-4,9-10H2,1H3/b6-5+. The Hall–Kier alpha value is -0.740. The molecule has 0 radical (unpaired) electrons. The van der Waals surface area contributed by atoms with Crippen LogP contribution in [-0.2, 0) is 4.74 Å². The van der Waals surface area contributed by atoms with E-state index in [9.17, 15) is 5.11 Å². The van der Waals surface area contributed by atoms with E-state index < -0.39 is 5.72 Å². The van der Waals surface area contributed by atoms with Crippen molar-refractivity contribution in [3.8, 4) is 0 Å². The Kier molecular flexibility index (Phi) is 2.59. The lowest BCUT2D eigenvalue weighted by Gasteiger charge is -2.40. The monoisotopic (exact) mass is 172 g/mol. The fourth-order valence-corrected chi connectivity index (χ4v) is 0.997. The zero-order chi connectivity index (χ0) is 9.19. The Balaban J connectivity index is 2.33. The average molecular weight is 172 g/mol. The number of aliphatic hydroxyl groups is 1. The SMILES string of the molecule is CC/C(N)=C\OC1CCC1(N)O. The summed E-state index contributed by atoms with van der Waals surface area (Å²) in [5, 5.41) is 9.34. The van der Waals surface area contributed by atoms with Crippen molar-refractivity contribution in [2.24, 2.45) is 11.5 Å². The normalized spacial score (nSPS) is 35.9. The van der Waals surface area contributed by atoms with E-state index in [0.717, 1.165) is 12.8 Å². The maximum atomic E-state index is 9.34. The van der Waals surface area contributed by atoms with E-state index in [-0.39, 0.29) is 6.10 Å². The second-order valence-electron chi connectivity index (χ2n) is 3.20. The van der Waals surface area contributed by atoms with Gasteiger partial charge in [0.1, 0.15) is 12.4 Å². The topological polar surface area (TPSA) is 81.5 Å². The van der Waals surface area contributed by atoms with E-state index in [1.165, 1.54) is 6.26 Å². The van der Waals surface area contributed by atoms with Crippen molar-refractivity contribution in [2.75, 3.05) is 0 Å². The van der Waals surface area contributed by atoms with Crippen LogP contribution in [0.4, 0.5) is 0 Å². The van der Waals surface area contributed by atoms with Crippen LogP contribution in [0.2, 0.25) is 0 Å². The van der Waals surface area contributed by atoms with Crippen LogP contribution in [-0.4, -0.2) is 16.9 Å². The molecule has 70 valence electrons. The molecular formula is C8H16N2O2.